The number of rotatable bonds is 2. The zero-order valence-corrected chi connectivity index (χ0v) is 10.1. The van der Waals surface area contributed by atoms with Gasteiger partial charge in [-0.15, -0.1) is 5.10 Å². The predicted molar refractivity (Wildman–Crippen MR) is 62.5 cm³/mol. The Morgan fingerprint density at radius 2 is 2.12 bits per heavy atom. The van der Waals surface area contributed by atoms with Crippen molar-refractivity contribution in [2.45, 2.75) is 45.3 Å². The van der Waals surface area contributed by atoms with Crippen molar-refractivity contribution in [2.24, 2.45) is 5.73 Å². The maximum absolute atomic E-state index is 9.13. The third-order valence-electron chi connectivity index (χ3n) is 3.30. The number of nitriles is 1. The van der Waals surface area contributed by atoms with Gasteiger partial charge in [-0.05, 0) is 38.7 Å². The molecule has 2 atom stereocenters. The van der Waals surface area contributed by atoms with E-state index in [1.807, 2.05) is 13.8 Å². The maximum Gasteiger partial charge on any atom is 0.252 e. The molecule has 0 bridgehead atoms. The summed E-state index contributed by atoms with van der Waals surface area (Å²) in [6.45, 7) is 3.68. The molecule has 5 nitrogen and oxygen atoms in total. The van der Waals surface area contributed by atoms with Crippen molar-refractivity contribution >= 4 is 0 Å². The topological polar surface area (TPSA) is 84.8 Å². The molecular weight excluding hydrogens is 216 g/mol. The summed E-state index contributed by atoms with van der Waals surface area (Å²) in [7, 11) is 0. The van der Waals surface area contributed by atoms with Crippen LogP contribution in [0.1, 0.15) is 36.1 Å². The molecule has 0 amide bonds. The van der Waals surface area contributed by atoms with E-state index in [1.54, 1.807) is 0 Å². The summed E-state index contributed by atoms with van der Waals surface area (Å²) in [4.78, 5) is 0. The van der Waals surface area contributed by atoms with Gasteiger partial charge < -0.3 is 10.5 Å². The molecule has 1 fully saturated rings. The van der Waals surface area contributed by atoms with Crippen LogP contribution in [-0.4, -0.2) is 22.3 Å². The monoisotopic (exact) mass is 232 g/mol. The van der Waals surface area contributed by atoms with Gasteiger partial charge >= 0.3 is 0 Å². The third kappa shape index (κ3) is 2.22. The molecule has 90 valence electrons. The zero-order chi connectivity index (χ0) is 12.4. The van der Waals surface area contributed by atoms with Crippen LogP contribution in [0.4, 0.5) is 0 Å². The molecule has 1 aliphatic carbocycles. The standard InChI is InChI=1S/C12H16N4O/c1-7-8(2)15-16-12(9(7)6-13)17-11-5-3-4-10(11)14/h10-11H,3-5,14H2,1-2H3. The van der Waals surface area contributed by atoms with E-state index in [4.69, 9.17) is 15.7 Å². The highest BCUT2D eigenvalue weighted by atomic mass is 16.5. The number of aromatic nitrogens is 2. The molecule has 2 unspecified atom stereocenters. The van der Waals surface area contributed by atoms with Gasteiger partial charge in [0.2, 0.25) is 0 Å². The molecule has 1 aromatic heterocycles. The maximum atomic E-state index is 9.13. The Labute approximate surface area is 101 Å². The van der Waals surface area contributed by atoms with Gasteiger partial charge in [0.05, 0.1) is 5.69 Å². The van der Waals surface area contributed by atoms with Crippen LogP contribution in [0.25, 0.3) is 0 Å². The third-order valence-corrected chi connectivity index (χ3v) is 3.30. The van der Waals surface area contributed by atoms with E-state index in [9.17, 15) is 0 Å². The van der Waals surface area contributed by atoms with Gasteiger partial charge in [-0.1, -0.05) is 0 Å². The van der Waals surface area contributed by atoms with E-state index >= 15 is 0 Å². The van der Waals surface area contributed by atoms with E-state index in [0.717, 1.165) is 30.5 Å². The van der Waals surface area contributed by atoms with Crippen LogP contribution in [0.15, 0.2) is 0 Å². The fraction of sp³-hybridized carbons (Fsp3) is 0.583. The number of ether oxygens (including phenoxy) is 1. The van der Waals surface area contributed by atoms with Crippen molar-refractivity contribution < 1.29 is 4.74 Å². The van der Waals surface area contributed by atoms with Crippen molar-refractivity contribution in [3.63, 3.8) is 0 Å². The fourth-order valence-corrected chi connectivity index (χ4v) is 2.05. The molecule has 0 radical (unpaired) electrons. The number of hydrogen-bond donors (Lipinski definition) is 1. The van der Waals surface area contributed by atoms with Crippen molar-refractivity contribution in [2.75, 3.05) is 0 Å². The number of nitrogens with two attached hydrogens (primary N) is 1. The van der Waals surface area contributed by atoms with Gasteiger partial charge in [0.15, 0.2) is 0 Å². The lowest BCUT2D eigenvalue weighted by molar-refractivity contribution is 0.181. The summed E-state index contributed by atoms with van der Waals surface area (Å²) in [5.41, 5.74) is 7.98. The van der Waals surface area contributed by atoms with Crippen LogP contribution in [-0.2, 0) is 0 Å². The molecule has 1 aromatic rings. The van der Waals surface area contributed by atoms with E-state index in [-0.39, 0.29) is 12.1 Å². The molecule has 17 heavy (non-hydrogen) atoms. The number of nitrogens with zero attached hydrogens (tertiary/aromatic N) is 3. The van der Waals surface area contributed by atoms with Crippen molar-refractivity contribution in [3.05, 3.63) is 16.8 Å². The minimum absolute atomic E-state index is 0.0324. The molecule has 1 heterocycles. The second-order valence-corrected chi connectivity index (χ2v) is 4.45. The Morgan fingerprint density at radius 1 is 1.35 bits per heavy atom. The molecule has 2 N–H and O–H groups in total. The normalized spacial score (nSPS) is 23.4. The smallest absolute Gasteiger partial charge is 0.252 e. The summed E-state index contributed by atoms with van der Waals surface area (Å²) in [6.07, 6.45) is 2.90. The van der Waals surface area contributed by atoms with Crippen molar-refractivity contribution in [1.82, 2.24) is 10.2 Å². The van der Waals surface area contributed by atoms with Crippen molar-refractivity contribution in [1.29, 1.82) is 5.26 Å². The summed E-state index contributed by atoms with van der Waals surface area (Å²) in [5, 5.41) is 17.1. The Morgan fingerprint density at radius 3 is 2.71 bits per heavy atom. The van der Waals surface area contributed by atoms with Gasteiger partial charge in [0.1, 0.15) is 17.7 Å². The molecule has 0 aromatic carbocycles. The first-order chi connectivity index (χ1) is 8.13. The van der Waals surface area contributed by atoms with E-state index in [1.165, 1.54) is 0 Å². The van der Waals surface area contributed by atoms with Crippen LogP contribution >= 0.6 is 0 Å². The SMILES string of the molecule is Cc1nnc(OC2CCCC2N)c(C#N)c1C. The molecule has 0 aliphatic heterocycles. The van der Waals surface area contributed by atoms with Crippen LogP contribution in [0.2, 0.25) is 0 Å². The van der Waals surface area contributed by atoms with Crippen LogP contribution in [0.5, 0.6) is 5.88 Å². The van der Waals surface area contributed by atoms with Gasteiger partial charge in [-0.25, -0.2) is 0 Å². The summed E-state index contributed by atoms with van der Waals surface area (Å²) >= 11 is 0. The molecule has 2 rings (SSSR count). The average molecular weight is 232 g/mol. The Balaban J connectivity index is 2.27. The van der Waals surface area contributed by atoms with Gasteiger partial charge in [0, 0.05) is 6.04 Å². The summed E-state index contributed by atoms with van der Waals surface area (Å²) in [5.74, 6) is 0.318. The molecular formula is C12H16N4O. The Kier molecular flexibility index (Phi) is 3.25. The van der Waals surface area contributed by atoms with E-state index in [0.29, 0.717) is 11.4 Å². The van der Waals surface area contributed by atoms with Crippen LogP contribution in [0, 0.1) is 25.2 Å². The average Bonchev–Trinajstić information content (AvgIpc) is 2.70. The minimum Gasteiger partial charge on any atom is -0.471 e. The second kappa shape index (κ2) is 4.68. The highest BCUT2D eigenvalue weighted by Gasteiger charge is 2.27. The van der Waals surface area contributed by atoms with Crippen LogP contribution < -0.4 is 10.5 Å². The zero-order valence-electron chi connectivity index (χ0n) is 10.1. The van der Waals surface area contributed by atoms with Crippen LogP contribution in [0.3, 0.4) is 0 Å². The molecule has 1 saturated carbocycles. The highest BCUT2D eigenvalue weighted by molar-refractivity contribution is 5.45. The second-order valence-electron chi connectivity index (χ2n) is 4.45. The minimum atomic E-state index is -0.0430. The first-order valence-electron chi connectivity index (χ1n) is 5.79. The van der Waals surface area contributed by atoms with Gasteiger partial charge in [-0.2, -0.15) is 10.4 Å². The van der Waals surface area contributed by atoms with Gasteiger partial charge in [0.25, 0.3) is 5.88 Å². The summed E-state index contributed by atoms with van der Waals surface area (Å²) < 4.78 is 5.72. The largest absolute Gasteiger partial charge is 0.471 e. The number of aryl methyl sites for hydroxylation is 1. The number of hydrogen-bond acceptors (Lipinski definition) is 5. The first kappa shape index (κ1) is 11.8. The lowest BCUT2D eigenvalue weighted by Gasteiger charge is -2.18. The van der Waals surface area contributed by atoms with E-state index in [2.05, 4.69) is 16.3 Å². The molecule has 0 spiro atoms. The first-order valence-corrected chi connectivity index (χ1v) is 5.79. The Bertz CT molecular complexity index is 466. The molecule has 5 heteroatoms. The predicted octanol–water partition coefficient (Wildman–Crippen LogP) is 1.22. The van der Waals surface area contributed by atoms with Crippen molar-refractivity contribution in [3.8, 4) is 11.9 Å². The fourth-order valence-electron chi connectivity index (χ4n) is 2.05. The summed E-state index contributed by atoms with van der Waals surface area (Å²) in [6, 6.07) is 2.16. The lowest BCUT2D eigenvalue weighted by Crippen LogP contribution is -2.34. The van der Waals surface area contributed by atoms with E-state index < -0.39 is 0 Å². The highest BCUT2D eigenvalue weighted by Crippen LogP contribution is 2.25. The molecule has 1 aliphatic rings. The molecule has 0 saturated heterocycles. The Hall–Kier alpha value is -1.67. The lowest BCUT2D eigenvalue weighted by atomic mass is 10.1. The van der Waals surface area contributed by atoms with Gasteiger partial charge in [-0.3, -0.25) is 0 Å². The quantitative estimate of drug-likeness (QED) is 0.828.